The molecule has 0 atom stereocenters. The van der Waals surface area contributed by atoms with Crippen LogP contribution in [0.25, 0.3) is 0 Å². The first-order valence-corrected chi connectivity index (χ1v) is 4.76. The third kappa shape index (κ3) is 2.48. The Morgan fingerprint density at radius 1 is 1.44 bits per heavy atom. The van der Waals surface area contributed by atoms with Crippen molar-refractivity contribution < 1.29 is 34.8 Å². The minimum absolute atomic E-state index is 0.769. The van der Waals surface area contributed by atoms with Gasteiger partial charge in [-0.3, -0.25) is 4.79 Å². The number of nitrogens with one attached hydrogen (secondary N) is 1. The van der Waals surface area contributed by atoms with Gasteiger partial charge in [-0.1, -0.05) is 6.07 Å². The molecule has 0 aliphatic carbocycles. The van der Waals surface area contributed by atoms with Gasteiger partial charge in [0.15, 0.2) is 17.3 Å². The third-order valence-corrected chi connectivity index (χ3v) is 2.16. The van der Waals surface area contributed by atoms with Gasteiger partial charge in [0, 0.05) is 18.2 Å². The molecule has 0 amide bonds. The summed E-state index contributed by atoms with van der Waals surface area (Å²) >= 11 is 0. The molecule has 0 aromatic heterocycles. The zero-order chi connectivity index (χ0) is 26.1. The molecule has 1 aliphatic rings. The van der Waals surface area contributed by atoms with Crippen molar-refractivity contribution in [3.63, 3.8) is 0 Å². The Labute approximate surface area is 128 Å². The summed E-state index contributed by atoms with van der Waals surface area (Å²) in [6.45, 7) is -6.89. The van der Waals surface area contributed by atoms with Crippen molar-refractivity contribution >= 4 is 5.78 Å². The second-order valence-corrected chi connectivity index (χ2v) is 3.17. The smallest absolute Gasteiger partial charge is 0.171 e. The van der Waals surface area contributed by atoms with E-state index in [9.17, 15) is 4.79 Å². The van der Waals surface area contributed by atoms with Gasteiger partial charge >= 0.3 is 0 Å². The quantitative estimate of drug-likeness (QED) is 0.844. The molecule has 0 spiro atoms. The number of carbonyl (C=O) groups excluding carboxylic acids is 1. The van der Waals surface area contributed by atoms with E-state index in [1.54, 1.807) is 0 Å². The minimum Gasteiger partial charge on any atom is -0.493 e. The zero-order valence-corrected chi connectivity index (χ0v) is 8.96. The second kappa shape index (κ2) is 5.87. The van der Waals surface area contributed by atoms with Gasteiger partial charge in [-0.05, 0) is 37.9 Å². The summed E-state index contributed by atoms with van der Waals surface area (Å²) in [7, 11) is -6.48. The van der Waals surface area contributed by atoms with Crippen LogP contribution in [0.5, 0.6) is 11.5 Å². The van der Waals surface area contributed by atoms with Gasteiger partial charge in [-0.2, -0.15) is 0 Å². The van der Waals surface area contributed by atoms with Crippen molar-refractivity contribution in [1.82, 2.24) is 5.32 Å². The van der Waals surface area contributed by atoms with E-state index in [0.717, 1.165) is 18.2 Å². The number of ether oxygens (including phenoxy) is 2. The predicted molar refractivity (Wildman–Crippen MR) is 69.5 cm³/mol. The maximum absolute atomic E-state index is 13.5. The fourth-order valence-electron chi connectivity index (χ4n) is 1.38. The van der Waals surface area contributed by atoms with Crippen LogP contribution in [-0.4, -0.2) is 32.9 Å². The molecule has 1 aromatic rings. The molecule has 0 saturated carbocycles. The molecule has 1 aromatic carbocycles. The highest BCUT2D eigenvalue weighted by Gasteiger charge is 2.25. The van der Waals surface area contributed by atoms with Gasteiger partial charge in [0.25, 0.3) is 0 Å². The molecule has 1 fully saturated rings. The normalized spacial score (nSPS) is 43.0. The number of para-hydroxylation sites is 1. The highest BCUT2D eigenvalue weighted by Crippen LogP contribution is 2.33. The first-order valence-electron chi connectivity index (χ1n) is 12.3. The van der Waals surface area contributed by atoms with Crippen LogP contribution in [0.15, 0.2) is 18.2 Å². The number of benzene rings is 1. The molecule has 0 radical (unpaired) electrons. The molecule has 18 heavy (non-hydrogen) atoms. The van der Waals surface area contributed by atoms with Crippen molar-refractivity contribution in [1.29, 1.82) is 0 Å². The highest BCUT2D eigenvalue weighted by molar-refractivity contribution is 6.01. The average molecular weight is 264 g/mol. The summed E-state index contributed by atoms with van der Waals surface area (Å²) in [5, 5.41) is 1.49. The van der Waals surface area contributed by atoms with Gasteiger partial charge < -0.3 is 14.8 Å². The average Bonchev–Trinajstić information content (AvgIpc) is 2.57. The van der Waals surface area contributed by atoms with E-state index in [1.807, 2.05) is 0 Å². The molecule has 1 saturated heterocycles. The summed E-state index contributed by atoms with van der Waals surface area (Å²) in [5.74, 6) is -7.68. The van der Waals surface area contributed by atoms with Crippen molar-refractivity contribution in [2.45, 2.75) is 12.7 Å². The summed E-state index contributed by atoms with van der Waals surface area (Å²) in [4.78, 5) is 13.5. The maximum atomic E-state index is 13.5. The molecule has 4 nitrogen and oxygen atoms in total. The van der Waals surface area contributed by atoms with E-state index in [1.165, 1.54) is 5.32 Å². The van der Waals surface area contributed by atoms with E-state index in [0.29, 0.717) is 0 Å². The lowest BCUT2D eigenvalue weighted by atomic mass is 9.89. The Kier molecular flexibility index (Phi) is 1.22. The molecular formula is C14H19NO3. The topological polar surface area (TPSA) is 47.6 Å². The summed E-state index contributed by atoms with van der Waals surface area (Å²) < 4.78 is 125. The van der Waals surface area contributed by atoms with Crippen molar-refractivity contribution in [3.05, 3.63) is 23.8 Å². The summed E-state index contributed by atoms with van der Waals surface area (Å²) in [6, 6.07) is 2.62. The lowest BCUT2D eigenvalue weighted by molar-refractivity contribution is 0.0891. The zero-order valence-electron chi connectivity index (χ0n) is 24.0. The van der Waals surface area contributed by atoms with Crippen molar-refractivity contribution in [2.24, 2.45) is 5.89 Å². The molecule has 2 rings (SSSR count). The van der Waals surface area contributed by atoms with Crippen LogP contribution in [0.1, 0.15) is 43.7 Å². The summed E-state index contributed by atoms with van der Waals surface area (Å²) in [6.07, 6.45) is -7.46. The molecule has 1 heterocycles. The molecule has 1 N–H and O–H groups in total. The Bertz CT molecular complexity index is 911. The fraction of sp³-hybridized carbons (Fsp3) is 0.500. The van der Waals surface area contributed by atoms with E-state index < -0.39 is 68.6 Å². The third-order valence-electron chi connectivity index (χ3n) is 2.16. The van der Waals surface area contributed by atoms with E-state index >= 15 is 0 Å². The van der Waals surface area contributed by atoms with Crippen LogP contribution < -0.4 is 14.8 Å². The molecule has 1 aliphatic heterocycles. The Hall–Kier alpha value is -1.55. The molecule has 0 bridgehead atoms. The molecule has 4 heteroatoms. The molecule has 98 valence electrons. The van der Waals surface area contributed by atoms with Crippen molar-refractivity contribution in [2.75, 3.05) is 27.1 Å². The van der Waals surface area contributed by atoms with E-state index in [-0.39, 0.29) is 0 Å². The van der Waals surface area contributed by atoms with Crippen LogP contribution in [0, 0.1) is 5.89 Å². The first kappa shape index (κ1) is 3.73. The minimum atomic E-state index is -3.86. The maximum Gasteiger partial charge on any atom is 0.171 e. The lowest BCUT2D eigenvalue weighted by Gasteiger charge is -2.22. The number of hydrogen-bond donors (Lipinski definition) is 1. The molecule has 0 unspecified atom stereocenters. The number of piperidine rings is 1. The van der Waals surface area contributed by atoms with Gasteiger partial charge in [0.05, 0.1) is 27.9 Å². The van der Waals surface area contributed by atoms with Crippen molar-refractivity contribution in [3.8, 4) is 11.5 Å². The van der Waals surface area contributed by atoms with Crippen LogP contribution >= 0.6 is 0 Å². The van der Waals surface area contributed by atoms with Gasteiger partial charge in [0.2, 0.25) is 0 Å². The fourth-order valence-corrected chi connectivity index (χ4v) is 1.38. The van der Waals surface area contributed by atoms with Gasteiger partial charge in [-0.15, -0.1) is 0 Å². The molecular weight excluding hydrogens is 230 g/mol. The largest absolute Gasteiger partial charge is 0.493 e. The SMILES string of the molecule is [2H]C([2H])([2H])Oc1cccc(C(=O)C2([2H])C([2H])([2H])C([2H])([2H])NC([2H])([2H])C2([2H])[2H])c1OC([2H])([2H])[2H]. The standard InChI is InChI=1S/C14H19NO3/c1-17-12-5-3-4-11(14(12)18-2)13(16)10-6-8-15-9-7-10/h3-5,10,15H,6-9H2,1-2H3/i1D3,2D3,6D2,7D2,8D2,9D2,10D. The highest BCUT2D eigenvalue weighted by atomic mass is 16.5. The van der Waals surface area contributed by atoms with Crippen LogP contribution in [-0.2, 0) is 0 Å². The Balaban J connectivity index is 2.86. The first-order chi connectivity index (χ1) is 14.4. The number of Topliss-reactive ketones (excluding diaryl/α,β-unsaturated/α-hetero) is 1. The predicted octanol–water partition coefficient (Wildman–Crippen LogP) is 1.89. The Morgan fingerprint density at radius 3 is 2.94 bits per heavy atom. The van der Waals surface area contributed by atoms with Gasteiger partial charge in [-0.25, -0.2) is 0 Å². The van der Waals surface area contributed by atoms with E-state index in [4.69, 9.17) is 20.6 Å². The Morgan fingerprint density at radius 2 is 2.22 bits per heavy atom. The second-order valence-electron chi connectivity index (χ2n) is 3.17. The number of rotatable bonds is 4. The van der Waals surface area contributed by atoms with Crippen LogP contribution in [0.3, 0.4) is 0 Å². The van der Waals surface area contributed by atoms with Crippen LogP contribution in [0.2, 0.25) is 0 Å². The van der Waals surface area contributed by atoms with Crippen LogP contribution in [0.4, 0.5) is 0 Å². The number of ketones is 1. The lowest BCUT2D eigenvalue weighted by Crippen LogP contribution is -2.32. The summed E-state index contributed by atoms with van der Waals surface area (Å²) in [5.41, 5.74) is -1.02. The number of carbonyl (C=O) groups is 1. The number of hydrogen-bond acceptors (Lipinski definition) is 4. The van der Waals surface area contributed by atoms with Gasteiger partial charge in [0.1, 0.15) is 0 Å². The number of methoxy groups -OCH3 is 2. The monoisotopic (exact) mass is 264 g/mol. The van der Waals surface area contributed by atoms with E-state index in [2.05, 4.69) is 9.47 Å².